The van der Waals surface area contributed by atoms with Gasteiger partial charge in [-0.15, -0.1) is 21.5 Å². The van der Waals surface area contributed by atoms with Crippen LogP contribution in [0.3, 0.4) is 0 Å². The van der Waals surface area contributed by atoms with Crippen LogP contribution in [0, 0.1) is 0 Å². The molecule has 0 spiro atoms. The lowest BCUT2D eigenvalue weighted by molar-refractivity contribution is 0.288. The lowest BCUT2D eigenvalue weighted by Crippen LogP contribution is -2.07. The van der Waals surface area contributed by atoms with Crippen LogP contribution in [0.1, 0.15) is 30.4 Å². The third-order valence-corrected chi connectivity index (χ3v) is 6.62. The Hall–Kier alpha value is -2.29. The maximum atomic E-state index is 6.18. The predicted octanol–water partition coefficient (Wildman–Crippen LogP) is 5.85. The fraction of sp³-hybridized carbons (Fsp3) is 0.250. The molecule has 148 valence electrons. The SMILES string of the molecule is Clc1ccccc1OCc1nnc(SCc2coc(-c3cccs3)n2)n1C1CC1. The fourth-order valence-corrected chi connectivity index (χ4v) is 4.68. The molecular weight excluding hydrogens is 428 g/mol. The number of aromatic nitrogens is 4. The first-order chi connectivity index (χ1) is 14.3. The summed E-state index contributed by atoms with van der Waals surface area (Å²) in [6.45, 7) is 0.334. The minimum atomic E-state index is 0.334. The zero-order chi connectivity index (χ0) is 19.6. The maximum absolute atomic E-state index is 6.18. The van der Waals surface area contributed by atoms with Gasteiger partial charge in [-0.25, -0.2) is 4.98 Å². The molecule has 6 nitrogen and oxygen atoms in total. The number of thiophene rings is 1. The van der Waals surface area contributed by atoms with Gasteiger partial charge in [-0.3, -0.25) is 4.57 Å². The van der Waals surface area contributed by atoms with Crippen LogP contribution in [0.4, 0.5) is 0 Å². The number of ether oxygens (including phenoxy) is 1. The molecular formula is C20H17ClN4O2S2. The van der Waals surface area contributed by atoms with Crippen LogP contribution in [0.25, 0.3) is 10.8 Å². The molecule has 1 aliphatic carbocycles. The number of para-hydroxylation sites is 1. The van der Waals surface area contributed by atoms with E-state index in [1.54, 1.807) is 29.4 Å². The highest BCUT2D eigenvalue weighted by atomic mass is 35.5. The van der Waals surface area contributed by atoms with Crippen molar-refractivity contribution in [1.82, 2.24) is 19.7 Å². The molecule has 9 heteroatoms. The zero-order valence-electron chi connectivity index (χ0n) is 15.3. The fourth-order valence-electron chi connectivity index (χ4n) is 2.93. The Morgan fingerprint density at radius 2 is 2.10 bits per heavy atom. The Balaban J connectivity index is 1.28. The summed E-state index contributed by atoms with van der Waals surface area (Å²) in [7, 11) is 0. The molecule has 1 saturated carbocycles. The molecule has 0 bridgehead atoms. The van der Waals surface area contributed by atoms with Crippen LogP contribution in [-0.2, 0) is 12.4 Å². The molecule has 0 amide bonds. The highest BCUT2D eigenvalue weighted by Crippen LogP contribution is 2.39. The van der Waals surface area contributed by atoms with Crippen LogP contribution in [0.2, 0.25) is 5.02 Å². The quantitative estimate of drug-likeness (QED) is 0.317. The second kappa shape index (κ2) is 8.22. The molecule has 5 rings (SSSR count). The van der Waals surface area contributed by atoms with Crippen LogP contribution in [-0.4, -0.2) is 19.7 Å². The van der Waals surface area contributed by atoms with E-state index in [4.69, 9.17) is 20.8 Å². The van der Waals surface area contributed by atoms with Gasteiger partial charge in [0.05, 0.1) is 15.6 Å². The number of rotatable bonds is 8. The number of nitrogens with zero attached hydrogens (tertiary/aromatic N) is 4. The molecule has 3 heterocycles. The normalized spacial score (nSPS) is 13.7. The van der Waals surface area contributed by atoms with E-state index in [1.807, 2.05) is 41.8 Å². The van der Waals surface area contributed by atoms with Gasteiger partial charge in [-0.1, -0.05) is 41.6 Å². The molecule has 0 radical (unpaired) electrons. The van der Waals surface area contributed by atoms with Crippen molar-refractivity contribution in [2.24, 2.45) is 0 Å². The molecule has 0 aliphatic heterocycles. The third-order valence-electron chi connectivity index (χ3n) is 4.47. The van der Waals surface area contributed by atoms with Crippen LogP contribution < -0.4 is 4.74 Å². The first-order valence-electron chi connectivity index (χ1n) is 9.20. The summed E-state index contributed by atoms with van der Waals surface area (Å²) in [5.41, 5.74) is 0.887. The summed E-state index contributed by atoms with van der Waals surface area (Å²) >= 11 is 9.41. The highest BCUT2D eigenvalue weighted by Gasteiger charge is 2.30. The molecule has 0 N–H and O–H groups in total. The van der Waals surface area contributed by atoms with Gasteiger partial charge in [0.2, 0.25) is 5.89 Å². The van der Waals surface area contributed by atoms with Crippen molar-refractivity contribution in [3.05, 3.63) is 64.6 Å². The predicted molar refractivity (Wildman–Crippen MR) is 113 cm³/mol. The second-order valence-electron chi connectivity index (χ2n) is 6.63. The minimum absolute atomic E-state index is 0.334. The molecule has 0 unspecified atom stereocenters. The molecule has 1 fully saturated rings. The van der Waals surface area contributed by atoms with Crippen molar-refractivity contribution in [3.8, 4) is 16.5 Å². The number of halogens is 1. The largest absolute Gasteiger partial charge is 0.484 e. The van der Waals surface area contributed by atoms with E-state index >= 15 is 0 Å². The van der Waals surface area contributed by atoms with Crippen molar-refractivity contribution in [2.45, 2.75) is 36.4 Å². The first-order valence-corrected chi connectivity index (χ1v) is 11.4. The minimum Gasteiger partial charge on any atom is -0.484 e. The Morgan fingerprint density at radius 3 is 2.90 bits per heavy atom. The number of hydrogen-bond acceptors (Lipinski definition) is 7. The van der Waals surface area contributed by atoms with E-state index in [0.29, 0.717) is 35.1 Å². The van der Waals surface area contributed by atoms with Crippen LogP contribution in [0.15, 0.2) is 57.6 Å². The molecule has 1 aromatic carbocycles. The van der Waals surface area contributed by atoms with Crippen molar-refractivity contribution >= 4 is 34.7 Å². The van der Waals surface area contributed by atoms with Crippen molar-refractivity contribution < 1.29 is 9.15 Å². The van der Waals surface area contributed by atoms with Crippen molar-refractivity contribution in [2.75, 3.05) is 0 Å². The lowest BCUT2D eigenvalue weighted by Gasteiger charge is -2.10. The summed E-state index contributed by atoms with van der Waals surface area (Å²) < 4.78 is 13.7. The van der Waals surface area contributed by atoms with Crippen molar-refractivity contribution in [1.29, 1.82) is 0 Å². The average Bonchev–Trinajstić information content (AvgIpc) is 3.15. The second-order valence-corrected chi connectivity index (χ2v) is 8.93. The monoisotopic (exact) mass is 444 g/mol. The first kappa shape index (κ1) is 18.7. The average molecular weight is 445 g/mol. The van der Waals surface area contributed by atoms with Gasteiger partial charge in [0.25, 0.3) is 0 Å². The summed E-state index contributed by atoms with van der Waals surface area (Å²) in [5, 5.41) is 12.2. The van der Waals surface area contributed by atoms with Gasteiger partial charge in [0.1, 0.15) is 18.6 Å². The van der Waals surface area contributed by atoms with E-state index in [2.05, 4.69) is 19.7 Å². The summed E-state index contributed by atoms with van der Waals surface area (Å²) in [4.78, 5) is 5.61. The Labute approximate surface area is 180 Å². The third kappa shape index (κ3) is 4.19. The van der Waals surface area contributed by atoms with Crippen molar-refractivity contribution in [3.63, 3.8) is 0 Å². The zero-order valence-corrected chi connectivity index (χ0v) is 17.7. The van der Waals surface area contributed by atoms with Crippen LogP contribution >= 0.6 is 34.7 Å². The molecule has 1 aliphatic rings. The van der Waals surface area contributed by atoms with E-state index in [0.717, 1.165) is 34.4 Å². The highest BCUT2D eigenvalue weighted by molar-refractivity contribution is 7.98. The van der Waals surface area contributed by atoms with Gasteiger partial charge in [-0.2, -0.15) is 0 Å². The van der Waals surface area contributed by atoms with E-state index in [1.165, 1.54) is 0 Å². The van der Waals surface area contributed by atoms with Gasteiger partial charge < -0.3 is 9.15 Å². The summed E-state index contributed by atoms with van der Waals surface area (Å²) in [6.07, 6.45) is 3.98. The van der Waals surface area contributed by atoms with Gasteiger partial charge >= 0.3 is 0 Å². The Bertz CT molecular complexity index is 1110. The molecule has 3 aromatic heterocycles. The number of thioether (sulfide) groups is 1. The maximum Gasteiger partial charge on any atom is 0.236 e. The van der Waals surface area contributed by atoms with Gasteiger partial charge in [-0.05, 0) is 36.4 Å². The summed E-state index contributed by atoms with van der Waals surface area (Å²) in [5.74, 6) is 2.80. The van der Waals surface area contributed by atoms with Gasteiger partial charge in [0, 0.05) is 11.8 Å². The molecule has 0 atom stereocenters. The Kier molecular flexibility index (Phi) is 5.30. The van der Waals surface area contributed by atoms with E-state index in [9.17, 15) is 0 Å². The molecule has 29 heavy (non-hydrogen) atoms. The summed E-state index contributed by atoms with van der Waals surface area (Å²) in [6, 6.07) is 11.9. The number of oxazole rings is 1. The molecule has 4 aromatic rings. The molecule has 0 saturated heterocycles. The lowest BCUT2D eigenvalue weighted by atomic mass is 10.3. The van der Waals surface area contributed by atoms with Gasteiger partial charge in [0.15, 0.2) is 11.0 Å². The van der Waals surface area contributed by atoms with E-state index in [-0.39, 0.29) is 0 Å². The standard InChI is InChI=1S/C20H17ClN4O2S2/c21-15-4-1-2-5-16(15)26-11-18-23-24-20(25(18)14-7-8-14)29-12-13-10-27-19(22-13)17-6-3-9-28-17/h1-6,9-10,14H,7-8,11-12H2. The topological polar surface area (TPSA) is 66.0 Å². The smallest absolute Gasteiger partial charge is 0.236 e. The Morgan fingerprint density at radius 1 is 1.21 bits per heavy atom. The van der Waals surface area contributed by atoms with E-state index < -0.39 is 0 Å². The number of hydrogen-bond donors (Lipinski definition) is 0. The number of benzene rings is 1. The van der Waals surface area contributed by atoms with Crippen LogP contribution in [0.5, 0.6) is 5.75 Å².